The molecule has 3 rings (SSSR count). The second kappa shape index (κ2) is 11.2. The largest absolute Gasteiger partial charge is 0.481 e. The van der Waals surface area contributed by atoms with E-state index in [1.54, 1.807) is 29.7 Å². The van der Waals surface area contributed by atoms with E-state index in [1.807, 2.05) is 30.3 Å². The Balaban J connectivity index is 1.96. The SMILES string of the molecule is CCCCc1nc(C)c(CC(=O)O)c(=O)n1Cc1ccc(-c2ccccc2C(=N)NC(=O)O)cc1. The van der Waals surface area contributed by atoms with Gasteiger partial charge in [-0.15, -0.1) is 0 Å². The number of carboxylic acid groups (broad SMARTS) is 2. The average molecular weight is 477 g/mol. The van der Waals surface area contributed by atoms with E-state index < -0.39 is 12.1 Å². The van der Waals surface area contributed by atoms with Gasteiger partial charge in [-0.25, -0.2) is 9.78 Å². The van der Waals surface area contributed by atoms with Gasteiger partial charge in [0.05, 0.1) is 13.0 Å². The van der Waals surface area contributed by atoms with E-state index in [9.17, 15) is 19.5 Å². The minimum absolute atomic E-state index is 0.188. The Morgan fingerprint density at radius 3 is 2.40 bits per heavy atom. The number of benzene rings is 2. The van der Waals surface area contributed by atoms with Crippen LogP contribution in [0.3, 0.4) is 0 Å². The summed E-state index contributed by atoms with van der Waals surface area (Å²) in [5, 5.41) is 28.3. The number of aliphatic carboxylic acids is 1. The second-order valence-corrected chi connectivity index (χ2v) is 8.21. The number of unbranched alkanes of at least 4 members (excludes halogenated alkanes) is 1. The molecule has 0 spiro atoms. The van der Waals surface area contributed by atoms with E-state index in [1.165, 1.54) is 0 Å². The molecule has 9 heteroatoms. The summed E-state index contributed by atoms with van der Waals surface area (Å²) in [6, 6.07) is 14.4. The van der Waals surface area contributed by atoms with Gasteiger partial charge in [-0.2, -0.15) is 0 Å². The van der Waals surface area contributed by atoms with Crippen molar-refractivity contribution in [3.05, 3.63) is 87.1 Å². The summed E-state index contributed by atoms with van der Waals surface area (Å²) >= 11 is 0. The van der Waals surface area contributed by atoms with Crippen molar-refractivity contribution in [1.29, 1.82) is 5.41 Å². The van der Waals surface area contributed by atoms with Gasteiger partial charge >= 0.3 is 12.1 Å². The molecule has 0 radical (unpaired) electrons. The number of hydrogen-bond acceptors (Lipinski definition) is 5. The lowest BCUT2D eigenvalue weighted by Gasteiger charge is -2.16. The maximum absolute atomic E-state index is 13.2. The van der Waals surface area contributed by atoms with Crippen LogP contribution < -0.4 is 10.9 Å². The molecule has 0 saturated carbocycles. The first kappa shape index (κ1) is 25.4. The predicted molar refractivity (Wildman–Crippen MR) is 132 cm³/mol. The highest BCUT2D eigenvalue weighted by atomic mass is 16.4. The molecule has 1 amide bonds. The molecule has 35 heavy (non-hydrogen) atoms. The first-order chi connectivity index (χ1) is 16.7. The summed E-state index contributed by atoms with van der Waals surface area (Å²) in [5.74, 6) is -0.669. The molecule has 0 aliphatic heterocycles. The number of carboxylic acids is 1. The third kappa shape index (κ3) is 6.20. The molecule has 9 nitrogen and oxygen atoms in total. The number of aromatic nitrogens is 2. The van der Waals surface area contributed by atoms with Gasteiger partial charge in [0.2, 0.25) is 0 Å². The van der Waals surface area contributed by atoms with Gasteiger partial charge in [-0.05, 0) is 30.0 Å². The standard InChI is InChI=1S/C26H28N4O5/c1-3-4-9-22-28-16(2)21(14-23(31)32)25(33)30(22)15-17-10-12-18(13-11-17)19-7-5-6-8-20(19)24(27)29-26(34)35/h5-8,10-13H,3-4,9,14-15H2,1-2H3,(H2,27,29)(H,31,32)(H,34,35). The van der Waals surface area contributed by atoms with Crippen LogP contribution in [0.2, 0.25) is 0 Å². The van der Waals surface area contributed by atoms with Crippen molar-refractivity contribution in [3.63, 3.8) is 0 Å². The molecule has 0 unspecified atom stereocenters. The predicted octanol–water partition coefficient (Wildman–Crippen LogP) is 3.83. The molecule has 0 saturated heterocycles. The fourth-order valence-corrected chi connectivity index (χ4v) is 3.90. The lowest BCUT2D eigenvalue weighted by molar-refractivity contribution is -0.136. The van der Waals surface area contributed by atoms with Gasteiger partial charge in [0.25, 0.3) is 5.56 Å². The smallest absolute Gasteiger partial charge is 0.410 e. The first-order valence-electron chi connectivity index (χ1n) is 11.3. The highest BCUT2D eigenvalue weighted by molar-refractivity contribution is 6.08. The third-order valence-corrected chi connectivity index (χ3v) is 5.66. The minimum Gasteiger partial charge on any atom is -0.481 e. The van der Waals surface area contributed by atoms with Crippen molar-refractivity contribution >= 4 is 17.9 Å². The summed E-state index contributed by atoms with van der Waals surface area (Å²) in [6.45, 7) is 3.97. The van der Waals surface area contributed by atoms with Crippen LogP contribution >= 0.6 is 0 Å². The molecule has 2 aromatic carbocycles. The fourth-order valence-electron chi connectivity index (χ4n) is 3.90. The van der Waals surface area contributed by atoms with Gasteiger partial charge in [0, 0.05) is 23.2 Å². The second-order valence-electron chi connectivity index (χ2n) is 8.21. The monoisotopic (exact) mass is 476 g/mol. The number of amides is 1. The maximum Gasteiger partial charge on any atom is 0.410 e. The van der Waals surface area contributed by atoms with Crippen molar-refractivity contribution in [3.8, 4) is 11.1 Å². The molecule has 0 fully saturated rings. The lowest BCUT2D eigenvalue weighted by atomic mass is 9.98. The van der Waals surface area contributed by atoms with Gasteiger partial charge < -0.3 is 10.2 Å². The van der Waals surface area contributed by atoms with Crippen molar-refractivity contribution in [2.75, 3.05) is 0 Å². The molecular formula is C26H28N4O5. The highest BCUT2D eigenvalue weighted by Crippen LogP contribution is 2.24. The zero-order chi connectivity index (χ0) is 25.5. The number of rotatable bonds is 9. The Morgan fingerprint density at radius 2 is 1.77 bits per heavy atom. The summed E-state index contributed by atoms with van der Waals surface area (Å²) in [5.41, 5.74) is 3.05. The number of hydrogen-bond donors (Lipinski definition) is 4. The Kier molecular flexibility index (Phi) is 8.14. The molecule has 4 N–H and O–H groups in total. The molecule has 182 valence electrons. The van der Waals surface area contributed by atoms with Gasteiger partial charge in [-0.1, -0.05) is 61.9 Å². The van der Waals surface area contributed by atoms with Gasteiger partial charge in [0.15, 0.2) is 0 Å². The quantitative estimate of drug-likeness (QED) is 0.273. The van der Waals surface area contributed by atoms with Crippen LogP contribution in [0.15, 0.2) is 53.3 Å². The molecule has 0 bridgehead atoms. The molecule has 0 atom stereocenters. The van der Waals surface area contributed by atoms with E-state index >= 15 is 0 Å². The number of amidine groups is 1. The Labute approximate surface area is 202 Å². The fraction of sp³-hybridized carbons (Fsp3) is 0.269. The molecular weight excluding hydrogens is 448 g/mol. The van der Waals surface area contributed by atoms with Gasteiger partial charge in [0.1, 0.15) is 11.7 Å². The summed E-state index contributed by atoms with van der Waals surface area (Å²) in [6.07, 6.45) is 0.724. The van der Waals surface area contributed by atoms with Crippen LogP contribution in [0.25, 0.3) is 11.1 Å². The van der Waals surface area contributed by atoms with Crippen LogP contribution in [0.5, 0.6) is 0 Å². The van der Waals surface area contributed by atoms with E-state index in [0.29, 0.717) is 29.1 Å². The Hall–Kier alpha value is -4.27. The van der Waals surface area contributed by atoms with Crippen molar-refractivity contribution in [2.45, 2.75) is 46.1 Å². The summed E-state index contributed by atoms with van der Waals surface area (Å²) in [4.78, 5) is 40.0. The summed E-state index contributed by atoms with van der Waals surface area (Å²) < 4.78 is 1.55. The topological polar surface area (TPSA) is 145 Å². The molecule has 0 aliphatic carbocycles. The Bertz CT molecular complexity index is 1310. The first-order valence-corrected chi connectivity index (χ1v) is 11.3. The van der Waals surface area contributed by atoms with Crippen LogP contribution in [0.4, 0.5) is 4.79 Å². The number of carbonyl (C=O) groups is 2. The lowest BCUT2D eigenvalue weighted by Crippen LogP contribution is -2.31. The molecule has 1 aromatic heterocycles. The maximum atomic E-state index is 13.2. The minimum atomic E-state index is -1.31. The van der Waals surface area contributed by atoms with Crippen LogP contribution in [0, 0.1) is 12.3 Å². The zero-order valence-electron chi connectivity index (χ0n) is 19.7. The third-order valence-electron chi connectivity index (χ3n) is 5.66. The van der Waals surface area contributed by atoms with Crippen molar-refractivity contribution < 1.29 is 19.8 Å². The Morgan fingerprint density at radius 1 is 1.09 bits per heavy atom. The van der Waals surface area contributed by atoms with Crippen LogP contribution in [-0.2, 0) is 24.2 Å². The van der Waals surface area contributed by atoms with E-state index in [2.05, 4.69) is 17.2 Å². The van der Waals surface area contributed by atoms with Crippen molar-refractivity contribution in [1.82, 2.24) is 14.9 Å². The van der Waals surface area contributed by atoms with Crippen LogP contribution in [0.1, 0.15) is 48.0 Å². The highest BCUT2D eigenvalue weighted by Gasteiger charge is 2.17. The molecule has 0 aliphatic rings. The summed E-state index contributed by atoms with van der Waals surface area (Å²) in [7, 11) is 0. The number of aryl methyl sites for hydroxylation is 2. The van der Waals surface area contributed by atoms with Gasteiger partial charge in [-0.3, -0.25) is 24.9 Å². The van der Waals surface area contributed by atoms with Crippen LogP contribution in [-0.4, -0.2) is 37.7 Å². The van der Waals surface area contributed by atoms with Crippen molar-refractivity contribution in [2.24, 2.45) is 0 Å². The zero-order valence-corrected chi connectivity index (χ0v) is 19.7. The number of nitrogens with zero attached hydrogens (tertiary/aromatic N) is 2. The van der Waals surface area contributed by atoms with E-state index in [0.717, 1.165) is 24.0 Å². The van der Waals surface area contributed by atoms with E-state index in [4.69, 9.17) is 10.5 Å². The molecule has 1 heterocycles. The molecule has 3 aromatic rings. The number of nitrogens with one attached hydrogen (secondary N) is 2. The normalized spacial score (nSPS) is 10.7. The average Bonchev–Trinajstić information content (AvgIpc) is 2.82. The van der Waals surface area contributed by atoms with E-state index in [-0.39, 0.29) is 29.9 Å².